The Morgan fingerprint density at radius 3 is 2.70 bits per heavy atom. The van der Waals surface area contributed by atoms with Gasteiger partial charge in [-0.1, -0.05) is 29.8 Å². The number of halogens is 1. The first kappa shape index (κ1) is 19.5. The molecular weight excluding hydrogens is 401 g/mol. The first-order valence-electron chi connectivity index (χ1n) is 7.88. The zero-order valence-electron chi connectivity index (χ0n) is 13.8. The van der Waals surface area contributed by atoms with Gasteiger partial charge in [-0.15, -0.1) is 24.0 Å². The molecule has 0 aliphatic carbocycles. The molecule has 0 bridgehead atoms. The summed E-state index contributed by atoms with van der Waals surface area (Å²) in [5, 5.41) is 6.65. The Morgan fingerprint density at radius 1 is 1.13 bits per heavy atom. The molecule has 126 valence electrons. The van der Waals surface area contributed by atoms with E-state index in [0.717, 1.165) is 37.7 Å². The summed E-state index contributed by atoms with van der Waals surface area (Å²) >= 11 is 0. The Labute approximate surface area is 155 Å². The highest BCUT2D eigenvalue weighted by Gasteiger charge is 1.99. The molecule has 0 saturated carbocycles. The minimum Gasteiger partial charge on any atom is -0.469 e. The van der Waals surface area contributed by atoms with Crippen molar-refractivity contribution in [2.45, 2.75) is 26.7 Å². The van der Waals surface area contributed by atoms with Gasteiger partial charge in [-0.2, -0.15) is 0 Å². The molecule has 0 saturated heterocycles. The third-order valence-corrected chi connectivity index (χ3v) is 3.34. The van der Waals surface area contributed by atoms with Gasteiger partial charge < -0.3 is 15.1 Å². The summed E-state index contributed by atoms with van der Waals surface area (Å²) in [5.74, 6) is 1.83. The van der Waals surface area contributed by atoms with Gasteiger partial charge >= 0.3 is 0 Å². The van der Waals surface area contributed by atoms with Crippen molar-refractivity contribution in [3.05, 3.63) is 59.5 Å². The summed E-state index contributed by atoms with van der Waals surface area (Å²) in [7, 11) is 0. The number of furan rings is 1. The summed E-state index contributed by atoms with van der Waals surface area (Å²) in [6, 6.07) is 12.5. The van der Waals surface area contributed by atoms with Gasteiger partial charge in [-0.05, 0) is 38.0 Å². The van der Waals surface area contributed by atoms with Crippen LogP contribution in [0.3, 0.4) is 0 Å². The van der Waals surface area contributed by atoms with Crippen molar-refractivity contribution in [2.24, 2.45) is 4.99 Å². The first-order valence-corrected chi connectivity index (χ1v) is 7.88. The molecule has 0 fully saturated rings. The Balaban J connectivity index is 0.00000264. The lowest BCUT2D eigenvalue weighted by Gasteiger charge is -2.11. The third-order valence-electron chi connectivity index (χ3n) is 3.34. The number of benzene rings is 1. The molecule has 0 unspecified atom stereocenters. The molecule has 5 heteroatoms. The minimum absolute atomic E-state index is 0. The number of rotatable bonds is 7. The number of guanidine groups is 1. The number of aliphatic imine (C=N–C) groups is 1. The van der Waals surface area contributed by atoms with Crippen LogP contribution in [0.15, 0.2) is 52.1 Å². The maximum atomic E-state index is 5.32. The molecule has 0 aliphatic heterocycles. The van der Waals surface area contributed by atoms with E-state index in [1.165, 1.54) is 11.1 Å². The van der Waals surface area contributed by atoms with Crippen LogP contribution in [-0.2, 0) is 12.8 Å². The van der Waals surface area contributed by atoms with Gasteiger partial charge in [0.2, 0.25) is 0 Å². The van der Waals surface area contributed by atoms with E-state index in [-0.39, 0.29) is 24.0 Å². The van der Waals surface area contributed by atoms with Crippen molar-refractivity contribution in [2.75, 3.05) is 19.6 Å². The Morgan fingerprint density at radius 2 is 2.00 bits per heavy atom. The average Bonchev–Trinajstić information content (AvgIpc) is 3.01. The maximum Gasteiger partial charge on any atom is 0.191 e. The molecule has 0 amide bonds. The largest absolute Gasteiger partial charge is 0.469 e. The van der Waals surface area contributed by atoms with Crippen LogP contribution in [0, 0.1) is 6.92 Å². The molecule has 2 aromatic rings. The second-order valence-electron chi connectivity index (χ2n) is 5.26. The van der Waals surface area contributed by atoms with E-state index in [1.54, 1.807) is 6.26 Å². The number of nitrogens with zero attached hydrogens (tertiary/aromatic N) is 1. The molecule has 2 N–H and O–H groups in total. The highest BCUT2D eigenvalue weighted by Crippen LogP contribution is 2.04. The molecule has 1 heterocycles. The van der Waals surface area contributed by atoms with Crippen molar-refractivity contribution < 1.29 is 4.42 Å². The van der Waals surface area contributed by atoms with E-state index in [4.69, 9.17) is 4.42 Å². The van der Waals surface area contributed by atoms with Crippen LogP contribution in [0.1, 0.15) is 23.8 Å². The van der Waals surface area contributed by atoms with Gasteiger partial charge in [0, 0.05) is 26.1 Å². The molecule has 1 aromatic heterocycles. The van der Waals surface area contributed by atoms with E-state index in [0.29, 0.717) is 6.54 Å². The molecule has 0 spiro atoms. The highest BCUT2D eigenvalue weighted by molar-refractivity contribution is 14.0. The fourth-order valence-electron chi connectivity index (χ4n) is 2.27. The van der Waals surface area contributed by atoms with Crippen molar-refractivity contribution in [3.63, 3.8) is 0 Å². The summed E-state index contributed by atoms with van der Waals surface area (Å²) in [4.78, 5) is 4.57. The second-order valence-corrected chi connectivity index (χ2v) is 5.26. The van der Waals surface area contributed by atoms with Crippen molar-refractivity contribution in [3.8, 4) is 0 Å². The SMILES string of the molecule is CCNC(=NCCc1ccco1)NCCc1cccc(C)c1.I. The molecule has 2 rings (SSSR count). The monoisotopic (exact) mass is 427 g/mol. The topological polar surface area (TPSA) is 49.6 Å². The zero-order valence-corrected chi connectivity index (χ0v) is 16.2. The van der Waals surface area contributed by atoms with Crippen molar-refractivity contribution in [1.82, 2.24) is 10.6 Å². The van der Waals surface area contributed by atoms with E-state index in [2.05, 4.69) is 53.7 Å². The lowest BCUT2D eigenvalue weighted by atomic mass is 10.1. The smallest absolute Gasteiger partial charge is 0.191 e. The van der Waals surface area contributed by atoms with Crippen LogP contribution in [0.2, 0.25) is 0 Å². The van der Waals surface area contributed by atoms with Crippen LogP contribution in [-0.4, -0.2) is 25.6 Å². The van der Waals surface area contributed by atoms with Crippen molar-refractivity contribution >= 4 is 29.9 Å². The highest BCUT2D eigenvalue weighted by atomic mass is 127. The number of hydrogen-bond donors (Lipinski definition) is 2. The van der Waals surface area contributed by atoms with Gasteiger partial charge in [0.15, 0.2) is 5.96 Å². The van der Waals surface area contributed by atoms with Crippen LogP contribution in [0.5, 0.6) is 0 Å². The molecule has 4 nitrogen and oxygen atoms in total. The fourth-order valence-corrected chi connectivity index (χ4v) is 2.27. The van der Waals surface area contributed by atoms with Crippen LogP contribution in [0.4, 0.5) is 0 Å². The predicted molar refractivity (Wildman–Crippen MR) is 107 cm³/mol. The van der Waals surface area contributed by atoms with Gasteiger partial charge in [0.1, 0.15) is 5.76 Å². The van der Waals surface area contributed by atoms with Crippen LogP contribution < -0.4 is 10.6 Å². The molecule has 0 atom stereocenters. The van der Waals surface area contributed by atoms with Crippen molar-refractivity contribution in [1.29, 1.82) is 0 Å². The molecule has 0 aliphatic rings. The number of hydrogen-bond acceptors (Lipinski definition) is 2. The molecule has 1 aromatic carbocycles. The van der Waals surface area contributed by atoms with Crippen LogP contribution >= 0.6 is 24.0 Å². The second kappa shape index (κ2) is 11.1. The first-order chi connectivity index (χ1) is 10.8. The zero-order chi connectivity index (χ0) is 15.6. The van der Waals surface area contributed by atoms with Gasteiger partial charge in [-0.25, -0.2) is 0 Å². The molecular formula is C18H26IN3O. The normalized spacial score (nSPS) is 11.0. The lowest BCUT2D eigenvalue weighted by molar-refractivity contribution is 0.510. The maximum absolute atomic E-state index is 5.32. The van der Waals surface area contributed by atoms with E-state index < -0.39 is 0 Å². The quantitative estimate of drug-likeness (QED) is 0.404. The Hall–Kier alpha value is -1.50. The Bertz CT molecular complexity index is 582. The van der Waals surface area contributed by atoms with E-state index in [9.17, 15) is 0 Å². The third kappa shape index (κ3) is 7.54. The number of nitrogens with one attached hydrogen (secondary N) is 2. The molecule has 23 heavy (non-hydrogen) atoms. The van der Waals surface area contributed by atoms with Crippen LogP contribution in [0.25, 0.3) is 0 Å². The van der Waals surface area contributed by atoms with Gasteiger partial charge in [0.25, 0.3) is 0 Å². The van der Waals surface area contributed by atoms with Gasteiger partial charge in [0.05, 0.1) is 6.26 Å². The summed E-state index contributed by atoms with van der Waals surface area (Å²) in [6.45, 7) is 6.64. The van der Waals surface area contributed by atoms with E-state index in [1.807, 2.05) is 12.1 Å². The minimum atomic E-state index is 0. The predicted octanol–water partition coefficient (Wildman–Crippen LogP) is 3.55. The fraction of sp³-hybridized carbons (Fsp3) is 0.389. The average molecular weight is 427 g/mol. The lowest BCUT2D eigenvalue weighted by Crippen LogP contribution is -2.38. The number of aryl methyl sites for hydroxylation is 1. The summed E-state index contributed by atoms with van der Waals surface area (Å²) in [5.41, 5.74) is 2.65. The summed E-state index contributed by atoms with van der Waals surface area (Å²) in [6.07, 6.45) is 3.51. The summed E-state index contributed by atoms with van der Waals surface area (Å²) < 4.78 is 5.32. The van der Waals surface area contributed by atoms with Gasteiger partial charge in [-0.3, -0.25) is 4.99 Å². The molecule has 0 radical (unpaired) electrons. The Kier molecular flexibility index (Phi) is 9.43. The standard InChI is InChI=1S/C18H25N3O.HI/c1-3-19-18(21-12-10-17-8-5-13-22-17)20-11-9-16-7-4-6-15(2)14-16;/h4-8,13-14H,3,9-12H2,1-2H3,(H2,19,20,21);1H. The van der Waals surface area contributed by atoms with E-state index >= 15 is 0 Å².